The predicted molar refractivity (Wildman–Crippen MR) is 114 cm³/mol. The Morgan fingerprint density at radius 3 is 2.59 bits per heavy atom. The monoisotopic (exact) mass is 415 g/mol. The first-order valence-electron chi connectivity index (χ1n) is 9.84. The maximum Gasteiger partial charge on any atom is 0.257 e. The summed E-state index contributed by atoms with van der Waals surface area (Å²) in [5.41, 5.74) is 0.554. The molecule has 2 heterocycles. The molecule has 2 aliphatic rings. The summed E-state index contributed by atoms with van der Waals surface area (Å²) in [7, 11) is 0. The number of ether oxygens (including phenoxy) is 1. The lowest BCUT2D eigenvalue weighted by Gasteiger charge is -2.41. The number of nitrogens with zero attached hydrogens (tertiary/aromatic N) is 2. The van der Waals surface area contributed by atoms with Crippen LogP contribution >= 0.6 is 12.4 Å². The second-order valence-corrected chi connectivity index (χ2v) is 7.22. The lowest BCUT2D eigenvalue weighted by molar-refractivity contribution is -0.135. The zero-order valence-electron chi connectivity index (χ0n) is 16.3. The van der Waals surface area contributed by atoms with Crippen LogP contribution in [0.2, 0.25) is 0 Å². The van der Waals surface area contributed by atoms with Gasteiger partial charge < -0.3 is 19.9 Å². The van der Waals surface area contributed by atoms with Crippen molar-refractivity contribution in [3.05, 3.63) is 60.2 Å². The summed E-state index contributed by atoms with van der Waals surface area (Å²) >= 11 is 0. The number of piperidine rings is 1. The van der Waals surface area contributed by atoms with Gasteiger partial charge in [0.05, 0.1) is 12.1 Å². The smallest absolute Gasteiger partial charge is 0.257 e. The third-order valence-corrected chi connectivity index (χ3v) is 5.34. The molecule has 1 N–H and O–H groups in total. The molecule has 2 aromatic rings. The van der Waals surface area contributed by atoms with Gasteiger partial charge in [0.25, 0.3) is 5.91 Å². The van der Waals surface area contributed by atoms with Crippen LogP contribution in [-0.4, -0.2) is 60.4 Å². The maximum atomic E-state index is 13.3. The van der Waals surface area contributed by atoms with Crippen LogP contribution in [0.3, 0.4) is 0 Å². The molecule has 0 aromatic heterocycles. The van der Waals surface area contributed by atoms with Gasteiger partial charge >= 0.3 is 0 Å². The molecule has 2 amide bonds. The lowest BCUT2D eigenvalue weighted by atomic mass is 10.0. The maximum absolute atomic E-state index is 13.3. The molecule has 2 aromatic carbocycles. The molecular formula is C22H26ClN3O3. The number of halogens is 1. The standard InChI is InChI=1S/C22H25N3O3.ClH/c26-21-15-23-12-14-25(21)17-7-6-13-24(16-17)22(27)19-10-4-5-11-20(19)28-18-8-2-1-3-9-18;/h1-5,8-11,17,23H,6-7,12-16H2;1H. The Morgan fingerprint density at radius 2 is 1.79 bits per heavy atom. The molecule has 7 heteroatoms. The Morgan fingerprint density at radius 1 is 1.03 bits per heavy atom. The largest absolute Gasteiger partial charge is 0.457 e. The molecule has 0 spiro atoms. The third-order valence-electron chi connectivity index (χ3n) is 5.34. The highest BCUT2D eigenvalue weighted by Gasteiger charge is 2.32. The molecule has 2 aliphatic heterocycles. The molecule has 4 rings (SSSR count). The van der Waals surface area contributed by atoms with Crippen LogP contribution < -0.4 is 10.1 Å². The Hall–Kier alpha value is -2.57. The SMILES string of the molecule is Cl.O=C(c1ccccc1Oc1ccccc1)N1CCCC(N2CCNCC2=O)C1. The van der Waals surface area contributed by atoms with Crippen LogP contribution in [0.15, 0.2) is 54.6 Å². The number of carbonyl (C=O) groups excluding carboxylic acids is 2. The van der Waals surface area contributed by atoms with Gasteiger partial charge in [0, 0.05) is 32.2 Å². The predicted octanol–water partition coefficient (Wildman–Crippen LogP) is 2.94. The van der Waals surface area contributed by atoms with Crippen molar-refractivity contribution in [1.82, 2.24) is 15.1 Å². The number of amides is 2. The van der Waals surface area contributed by atoms with Gasteiger partial charge in [0.1, 0.15) is 11.5 Å². The van der Waals surface area contributed by atoms with Crippen LogP contribution in [0, 0.1) is 0 Å². The van der Waals surface area contributed by atoms with Crippen LogP contribution in [0.5, 0.6) is 11.5 Å². The minimum atomic E-state index is -0.0428. The van der Waals surface area contributed by atoms with E-state index in [1.165, 1.54) is 0 Å². The van der Waals surface area contributed by atoms with Gasteiger partial charge in [-0.15, -0.1) is 12.4 Å². The van der Waals surface area contributed by atoms with Gasteiger partial charge in [-0.25, -0.2) is 0 Å². The average molecular weight is 416 g/mol. The van der Waals surface area contributed by atoms with Gasteiger partial charge in [0.2, 0.25) is 5.91 Å². The Labute approximate surface area is 177 Å². The normalized spacial score (nSPS) is 19.4. The third kappa shape index (κ3) is 4.89. The van der Waals surface area contributed by atoms with Crippen LogP contribution in [-0.2, 0) is 4.79 Å². The van der Waals surface area contributed by atoms with E-state index in [2.05, 4.69) is 5.32 Å². The molecule has 1 unspecified atom stereocenters. The molecular weight excluding hydrogens is 390 g/mol. The molecule has 154 valence electrons. The minimum Gasteiger partial charge on any atom is -0.457 e. The zero-order chi connectivity index (χ0) is 19.3. The van der Waals surface area contributed by atoms with E-state index >= 15 is 0 Å². The fourth-order valence-electron chi connectivity index (χ4n) is 3.92. The Bertz CT molecular complexity index is 846. The number of hydrogen-bond donors (Lipinski definition) is 1. The highest BCUT2D eigenvalue weighted by atomic mass is 35.5. The summed E-state index contributed by atoms with van der Waals surface area (Å²) < 4.78 is 5.96. The summed E-state index contributed by atoms with van der Waals surface area (Å²) in [6, 6.07) is 16.9. The molecule has 0 aliphatic carbocycles. The number of para-hydroxylation sites is 2. The van der Waals surface area contributed by atoms with Crippen molar-refractivity contribution in [1.29, 1.82) is 0 Å². The lowest BCUT2D eigenvalue weighted by Crippen LogP contribution is -2.57. The van der Waals surface area contributed by atoms with Crippen molar-refractivity contribution in [3.8, 4) is 11.5 Å². The van der Waals surface area contributed by atoms with Crippen molar-refractivity contribution in [2.45, 2.75) is 18.9 Å². The van der Waals surface area contributed by atoms with Gasteiger partial charge in [-0.3, -0.25) is 9.59 Å². The summed E-state index contributed by atoms with van der Waals surface area (Å²) in [6.07, 6.45) is 1.84. The molecule has 2 fully saturated rings. The summed E-state index contributed by atoms with van der Waals surface area (Å²) in [5, 5.41) is 3.11. The molecule has 29 heavy (non-hydrogen) atoms. The molecule has 0 bridgehead atoms. The van der Waals surface area contributed by atoms with E-state index in [-0.39, 0.29) is 30.3 Å². The first-order valence-corrected chi connectivity index (χ1v) is 9.84. The zero-order valence-corrected chi connectivity index (χ0v) is 17.1. The number of carbonyl (C=O) groups is 2. The van der Waals surface area contributed by atoms with Crippen molar-refractivity contribution >= 4 is 24.2 Å². The highest BCUT2D eigenvalue weighted by molar-refractivity contribution is 5.97. The fraction of sp³-hybridized carbons (Fsp3) is 0.364. The second-order valence-electron chi connectivity index (χ2n) is 7.22. The quantitative estimate of drug-likeness (QED) is 0.834. The van der Waals surface area contributed by atoms with Gasteiger partial charge in [-0.1, -0.05) is 30.3 Å². The van der Waals surface area contributed by atoms with Crippen LogP contribution in [0.25, 0.3) is 0 Å². The Kier molecular flexibility index (Phi) is 7.12. The minimum absolute atomic E-state index is 0. The van der Waals surface area contributed by atoms with Crippen LogP contribution in [0.1, 0.15) is 23.2 Å². The summed E-state index contributed by atoms with van der Waals surface area (Å²) in [4.78, 5) is 29.3. The molecule has 6 nitrogen and oxygen atoms in total. The van der Waals surface area contributed by atoms with E-state index in [1.54, 1.807) is 6.07 Å². The van der Waals surface area contributed by atoms with Gasteiger partial charge in [-0.05, 0) is 37.1 Å². The van der Waals surface area contributed by atoms with E-state index < -0.39 is 0 Å². The van der Waals surface area contributed by atoms with E-state index in [0.29, 0.717) is 43.2 Å². The first-order chi connectivity index (χ1) is 13.7. The van der Waals surface area contributed by atoms with Gasteiger partial charge in [-0.2, -0.15) is 0 Å². The van der Waals surface area contributed by atoms with E-state index in [4.69, 9.17) is 4.74 Å². The highest BCUT2D eigenvalue weighted by Crippen LogP contribution is 2.27. The van der Waals surface area contributed by atoms with E-state index in [0.717, 1.165) is 19.4 Å². The molecule has 2 saturated heterocycles. The fourth-order valence-corrected chi connectivity index (χ4v) is 3.92. The number of hydrogen-bond acceptors (Lipinski definition) is 4. The molecule has 0 radical (unpaired) electrons. The Balaban J connectivity index is 0.00000240. The number of benzene rings is 2. The van der Waals surface area contributed by atoms with Crippen molar-refractivity contribution in [3.63, 3.8) is 0 Å². The number of rotatable bonds is 4. The number of nitrogens with one attached hydrogen (secondary N) is 1. The topological polar surface area (TPSA) is 61.9 Å². The van der Waals surface area contributed by atoms with Crippen molar-refractivity contribution in [2.75, 3.05) is 32.7 Å². The molecule has 0 saturated carbocycles. The summed E-state index contributed by atoms with van der Waals surface area (Å²) in [5.74, 6) is 1.34. The summed E-state index contributed by atoms with van der Waals surface area (Å²) in [6.45, 7) is 3.18. The average Bonchev–Trinajstić information content (AvgIpc) is 2.75. The van der Waals surface area contributed by atoms with Crippen LogP contribution in [0.4, 0.5) is 0 Å². The number of piperazine rings is 1. The second kappa shape index (κ2) is 9.76. The van der Waals surface area contributed by atoms with E-state index in [1.807, 2.05) is 58.3 Å². The van der Waals surface area contributed by atoms with E-state index in [9.17, 15) is 9.59 Å². The van der Waals surface area contributed by atoms with Gasteiger partial charge in [0.15, 0.2) is 0 Å². The van der Waals surface area contributed by atoms with Crippen molar-refractivity contribution < 1.29 is 14.3 Å². The first kappa shape index (κ1) is 21.1. The molecule has 1 atom stereocenters. The van der Waals surface area contributed by atoms with Crippen molar-refractivity contribution in [2.24, 2.45) is 0 Å². The number of likely N-dealkylation sites (tertiary alicyclic amines) is 1.